The molecule has 16 heavy (non-hydrogen) atoms. The van der Waals surface area contributed by atoms with Crippen LogP contribution in [-0.4, -0.2) is 19.1 Å². The van der Waals surface area contributed by atoms with Crippen LogP contribution in [0, 0.1) is 6.92 Å². The number of benzene rings is 1. The van der Waals surface area contributed by atoms with E-state index in [4.69, 9.17) is 10.7 Å². The topological polar surface area (TPSA) is 51.4 Å². The summed E-state index contributed by atoms with van der Waals surface area (Å²) in [7, 11) is 3.98. The summed E-state index contributed by atoms with van der Waals surface area (Å²) < 4.78 is 0. The maximum atomic E-state index is 5.27. The molecule has 0 radical (unpaired) electrons. The molecule has 2 aromatic rings. The Balaban J connectivity index is 2.71. The third kappa shape index (κ3) is 1.79. The highest BCUT2D eigenvalue weighted by Crippen LogP contribution is 2.28. The molecular formula is C12H15N3O. The number of nitrogens with two attached hydrogens (primary N) is 1. The Morgan fingerprint density at radius 1 is 1.25 bits per heavy atom. The molecule has 0 saturated carbocycles. The lowest BCUT2D eigenvalue weighted by atomic mass is 10.1. The molecule has 0 aliphatic carbocycles. The van der Waals surface area contributed by atoms with Gasteiger partial charge in [-0.25, -0.2) is 0 Å². The molecule has 0 fully saturated rings. The van der Waals surface area contributed by atoms with Gasteiger partial charge in [-0.05, 0) is 25.1 Å². The number of nitrogens with zero attached hydrogens (tertiary/aromatic N) is 2. The van der Waals surface area contributed by atoms with Crippen molar-refractivity contribution in [2.75, 3.05) is 19.0 Å². The zero-order valence-corrected chi connectivity index (χ0v) is 9.69. The SMILES string of the molecule is Cc1cc(ON)c2cc(N(C)C)ccc2n1. The van der Waals surface area contributed by atoms with Crippen molar-refractivity contribution in [2.24, 2.45) is 5.90 Å². The first-order valence-electron chi connectivity index (χ1n) is 5.07. The van der Waals surface area contributed by atoms with Gasteiger partial charge in [0.1, 0.15) is 0 Å². The molecule has 1 heterocycles. The first-order valence-corrected chi connectivity index (χ1v) is 5.07. The van der Waals surface area contributed by atoms with E-state index in [0.717, 1.165) is 22.3 Å². The Hall–Kier alpha value is -1.81. The van der Waals surface area contributed by atoms with Crippen molar-refractivity contribution in [1.29, 1.82) is 0 Å². The van der Waals surface area contributed by atoms with E-state index in [1.165, 1.54) is 0 Å². The third-order valence-electron chi connectivity index (χ3n) is 2.53. The van der Waals surface area contributed by atoms with Gasteiger partial charge in [0.2, 0.25) is 0 Å². The summed E-state index contributed by atoms with van der Waals surface area (Å²) in [6, 6.07) is 7.85. The highest BCUT2D eigenvalue weighted by Gasteiger charge is 2.06. The van der Waals surface area contributed by atoms with Crippen molar-refractivity contribution in [1.82, 2.24) is 4.98 Å². The fourth-order valence-electron chi connectivity index (χ4n) is 1.68. The normalized spacial score (nSPS) is 10.5. The van der Waals surface area contributed by atoms with Gasteiger partial charge in [-0.2, -0.15) is 5.90 Å². The van der Waals surface area contributed by atoms with Gasteiger partial charge in [0.15, 0.2) is 5.75 Å². The minimum absolute atomic E-state index is 0.659. The predicted molar refractivity (Wildman–Crippen MR) is 65.6 cm³/mol. The van der Waals surface area contributed by atoms with E-state index in [0.29, 0.717) is 5.75 Å². The van der Waals surface area contributed by atoms with Crippen LogP contribution in [0.5, 0.6) is 5.75 Å². The Morgan fingerprint density at radius 2 is 2.00 bits per heavy atom. The highest BCUT2D eigenvalue weighted by atomic mass is 16.6. The summed E-state index contributed by atoms with van der Waals surface area (Å²) in [5.41, 5.74) is 2.88. The maximum Gasteiger partial charge on any atom is 0.158 e. The summed E-state index contributed by atoms with van der Waals surface area (Å²) in [6.45, 7) is 1.92. The highest BCUT2D eigenvalue weighted by molar-refractivity contribution is 5.88. The molecule has 0 spiro atoms. The van der Waals surface area contributed by atoms with Gasteiger partial charge in [-0.15, -0.1) is 0 Å². The first kappa shape index (κ1) is 10.7. The van der Waals surface area contributed by atoms with Gasteiger partial charge in [0, 0.05) is 36.9 Å². The molecule has 0 atom stereocenters. The van der Waals surface area contributed by atoms with Crippen LogP contribution in [0.4, 0.5) is 5.69 Å². The molecule has 1 aromatic heterocycles. The molecule has 0 unspecified atom stereocenters. The van der Waals surface area contributed by atoms with E-state index in [9.17, 15) is 0 Å². The van der Waals surface area contributed by atoms with Gasteiger partial charge in [0.25, 0.3) is 0 Å². The van der Waals surface area contributed by atoms with Crippen LogP contribution in [0.1, 0.15) is 5.69 Å². The van der Waals surface area contributed by atoms with Gasteiger partial charge >= 0.3 is 0 Å². The number of aryl methyl sites for hydroxylation is 1. The lowest BCUT2D eigenvalue weighted by Gasteiger charge is -2.14. The summed E-state index contributed by atoms with van der Waals surface area (Å²) >= 11 is 0. The number of anilines is 1. The minimum atomic E-state index is 0.659. The molecule has 4 nitrogen and oxygen atoms in total. The van der Waals surface area contributed by atoms with Gasteiger partial charge in [0.05, 0.1) is 5.52 Å². The average Bonchev–Trinajstić information content (AvgIpc) is 2.27. The number of fused-ring (bicyclic) bond motifs is 1. The van der Waals surface area contributed by atoms with Crippen molar-refractivity contribution in [3.8, 4) is 5.75 Å². The monoisotopic (exact) mass is 217 g/mol. The second-order valence-corrected chi connectivity index (χ2v) is 3.98. The fourth-order valence-corrected chi connectivity index (χ4v) is 1.68. The van der Waals surface area contributed by atoms with E-state index >= 15 is 0 Å². The zero-order chi connectivity index (χ0) is 11.7. The predicted octanol–water partition coefficient (Wildman–Crippen LogP) is 1.86. The Morgan fingerprint density at radius 3 is 2.62 bits per heavy atom. The van der Waals surface area contributed by atoms with Crippen LogP contribution in [0.2, 0.25) is 0 Å². The van der Waals surface area contributed by atoms with Gasteiger partial charge in [-0.1, -0.05) is 0 Å². The quantitative estimate of drug-likeness (QED) is 0.780. The molecule has 0 saturated heterocycles. The Bertz CT molecular complexity index is 523. The van der Waals surface area contributed by atoms with E-state index in [1.807, 2.05) is 50.2 Å². The van der Waals surface area contributed by atoms with Crippen LogP contribution in [0.25, 0.3) is 10.9 Å². The van der Waals surface area contributed by atoms with E-state index in [2.05, 4.69) is 4.98 Å². The lowest BCUT2D eigenvalue weighted by molar-refractivity contribution is 0.338. The van der Waals surface area contributed by atoms with E-state index in [-0.39, 0.29) is 0 Å². The molecule has 0 bridgehead atoms. The number of pyridine rings is 1. The lowest BCUT2D eigenvalue weighted by Crippen LogP contribution is -2.09. The molecular weight excluding hydrogens is 202 g/mol. The minimum Gasteiger partial charge on any atom is -0.411 e. The van der Waals surface area contributed by atoms with Gasteiger partial charge < -0.3 is 9.74 Å². The Kier molecular flexibility index (Phi) is 2.66. The van der Waals surface area contributed by atoms with Crippen molar-refractivity contribution in [2.45, 2.75) is 6.92 Å². The molecule has 2 N–H and O–H groups in total. The number of hydrogen-bond donors (Lipinski definition) is 1. The maximum absolute atomic E-state index is 5.27. The van der Waals surface area contributed by atoms with Crippen LogP contribution in [-0.2, 0) is 0 Å². The van der Waals surface area contributed by atoms with Crippen molar-refractivity contribution in [3.05, 3.63) is 30.0 Å². The second kappa shape index (κ2) is 3.98. The van der Waals surface area contributed by atoms with Crippen molar-refractivity contribution < 1.29 is 4.84 Å². The smallest absolute Gasteiger partial charge is 0.158 e. The fraction of sp³-hybridized carbons (Fsp3) is 0.250. The molecule has 4 heteroatoms. The molecule has 84 valence electrons. The van der Waals surface area contributed by atoms with Crippen molar-refractivity contribution >= 4 is 16.6 Å². The van der Waals surface area contributed by atoms with E-state index < -0.39 is 0 Å². The summed E-state index contributed by atoms with van der Waals surface area (Å²) in [5.74, 6) is 5.93. The zero-order valence-electron chi connectivity index (χ0n) is 9.69. The number of rotatable bonds is 2. The second-order valence-electron chi connectivity index (χ2n) is 3.98. The largest absolute Gasteiger partial charge is 0.411 e. The summed E-state index contributed by atoms with van der Waals surface area (Å²) in [5, 5.41) is 0.930. The molecule has 0 aliphatic rings. The third-order valence-corrected chi connectivity index (χ3v) is 2.53. The summed E-state index contributed by atoms with van der Waals surface area (Å²) in [6.07, 6.45) is 0. The summed E-state index contributed by atoms with van der Waals surface area (Å²) in [4.78, 5) is 11.3. The first-order chi connectivity index (χ1) is 7.61. The van der Waals surface area contributed by atoms with Gasteiger partial charge in [-0.3, -0.25) is 4.98 Å². The molecule has 0 amide bonds. The standard InChI is InChI=1S/C12H15N3O/c1-8-6-12(16-13)10-7-9(15(2)3)4-5-11(10)14-8/h4-7H,13H2,1-3H3. The van der Waals surface area contributed by atoms with Crippen LogP contribution >= 0.6 is 0 Å². The van der Waals surface area contributed by atoms with Crippen LogP contribution < -0.4 is 15.6 Å². The number of aromatic nitrogens is 1. The average molecular weight is 217 g/mol. The van der Waals surface area contributed by atoms with Crippen LogP contribution in [0.3, 0.4) is 0 Å². The van der Waals surface area contributed by atoms with E-state index in [1.54, 1.807) is 0 Å². The van der Waals surface area contributed by atoms with Crippen molar-refractivity contribution in [3.63, 3.8) is 0 Å². The van der Waals surface area contributed by atoms with Crippen LogP contribution in [0.15, 0.2) is 24.3 Å². The number of hydrogen-bond acceptors (Lipinski definition) is 4. The molecule has 0 aliphatic heterocycles. The molecule has 1 aromatic carbocycles. The Labute approximate surface area is 94.6 Å². The molecule has 2 rings (SSSR count).